The molecule has 0 aromatic carbocycles. The third kappa shape index (κ3) is 2.13. The van der Waals surface area contributed by atoms with Gasteiger partial charge in [-0.2, -0.15) is 5.10 Å². The molecule has 0 saturated carbocycles. The number of nitrogen functional groups attached to an aromatic ring is 1. The second kappa shape index (κ2) is 3.64. The van der Waals surface area contributed by atoms with Crippen molar-refractivity contribution in [1.82, 2.24) is 9.78 Å². The molecule has 0 amide bonds. The lowest BCUT2D eigenvalue weighted by Crippen LogP contribution is -1.90. The van der Waals surface area contributed by atoms with E-state index in [2.05, 4.69) is 5.10 Å². The number of rotatable bonds is 3. The number of aromatic nitrogens is 2. The summed E-state index contributed by atoms with van der Waals surface area (Å²) in [5.41, 5.74) is 6.27. The Balaban J connectivity index is 2.62. The molecule has 0 aliphatic rings. The van der Waals surface area contributed by atoms with E-state index in [4.69, 9.17) is 10.8 Å². The summed E-state index contributed by atoms with van der Waals surface area (Å²) in [5, 5.41) is 13.4. The molecule has 4 nitrogen and oxygen atoms in total. The van der Waals surface area contributed by atoms with Gasteiger partial charge >= 0.3 is 0 Å². The first-order valence-electron chi connectivity index (χ1n) is 3.27. The highest BCUT2D eigenvalue weighted by Gasteiger charge is 2.02. The monoisotopic (exact) mass is 173 g/mol. The molecule has 0 radical (unpaired) electrons. The van der Waals surface area contributed by atoms with E-state index in [1.807, 2.05) is 7.05 Å². The van der Waals surface area contributed by atoms with Crippen LogP contribution in [0.2, 0.25) is 0 Å². The van der Waals surface area contributed by atoms with E-state index in [9.17, 15) is 0 Å². The zero-order valence-corrected chi connectivity index (χ0v) is 7.14. The minimum atomic E-state index is 0.153. The fourth-order valence-electron chi connectivity index (χ4n) is 0.741. The zero-order valence-electron chi connectivity index (χ0n) is 6.32. The molecule has 5 heteroatoms. The van der Waals surface area contributed by atoms with Crippen LogP contribution in [0.4, 0.5) is 5.69 Å². The summed E-state index contributed by atoms with van der Waals surface area (Å²) in [6.07, 6.45) is 1.75. The van der Waals surface area contributed by atoms with Gasteiger partial charge in [0.2, 0.25) is 0 Å². The SMILES string of the molecule is Cn1cc(N)c(SCCO)n1. The van der Waals surface area contributed by atoms with E-state index >= 15 is 0 Å². The highest BCUT2D eigenvalue weighted by Crippen LogP contribution is 2.21. The number of nitrogens with zero attached hydrogens (tertiary/aromatic N) is 2. The Morgan fingerprint density at radius 1 is 1.82 bits per heavy atom. The van der Waals surface area contributed by atoms with Crippen LogP contribution < -0.4 is 5.73 Å². The molecule has 0 bridgehead atoms. The summed E-state index contributed by atoms with van der Waals surface area (Å²) in [5.74, 6) is 0.640. The van der Waals surface area contributed by atoms with Crippen LogP contribution in [0.25, 0.3) is 0 Å². The Hall–Kier alpha value is -0.680. The minimum Gasteiger partial charge on any atom is -0.396 e. The van der Waals surface area contributed by atoms with Crippen LogP contribution in [0.5, 0.6) is 0 Å². The first-order chi connectivity index (χ1) is 5.24. The summed E-state index contributed by atoms with van der Waals surface area (Å²) in [6.45, 7) is 0.153. The molecule has 1 aromatic heterocycles. The van der Waals surface area contributed by atoms with Crippen molar-refractivity contribution < 1.29 is 5.11 Å². The molecule has 0 atom stereocenters. The second-order valence-electron chi connectivity index (χ2n) is 2.14. The van der Waals surface area contributed by atoms with Crippen molar-refractivity contribution in [3.05, 3.63) is 6.20 Å². The minimum absolute atomic E-state index is 0.153. The number of thioether (sulfide) groups is 1. The average Bonchev–Trinajstić information content (AvgIpc) is 2.26. The molecule has 1 aromatic rings. The maximum atomic E-state index is 8.53. The quantitative estimate of drug-likeness (QED) is 0.636. The van der Waals surface area contributed by atoms with Crippen LogP contribution in [0.3, 0.4) is 0 Å². The molecule has 3 N–H and O–H groups in total. The van der Waals surface area contributed by atoms with E-state index in [0.717, 1.165) is 5.03 Å². The van der Waals surface area contributed by atoms with Crippen LogP contribution >= 0.6 is 11.8 Å². The first kappa shape index (κ1) is 8.42. The second-order valence-corrected chi connectivity index (χ2v) is 3.22. The van der Waals surface area contributed by atoms with Crippen molar-refractivity contribution in [3.8, 4) is 0 Å². The molecule has 0 saturated heterocycles. The van der Waals surface area contributed by atoms with E-state index < -0.39 is 0 Å². The van der Waals surface area contributed by atoms with Crippen molar-refractivity contribution in [2.75, 3.05) is 18.1 Å². The van der Waals surface area contributed by atoms with Crippen molar-refractivity contribution in [3.63, 3.8) is 0 Å². The van der Waals surface area contributed by atoms with Crippen LogP contribution in [-0.2, 0) is 7.05 Å². The Kier molecular flexibility index (Phi) is 2.78. The number of hydrogen-bond acceptors (Lipinski definition) is 4. The highest BCUT2D eigenvalue weighted by atomic mass is 32.2. The standard InChI is InChI=1S/C6H11N3OS/c1-9-4-5(7)6(8-9)11-3-2-10/h4,10H,2-3,7H2,1H3. The van der Waals surface area contributed by atoms with E-state index in [1.165, 1.54) is 11.8 Å². The van der Waals surface area contributed by atoms with Gasteiger partial charge in [0.1, 0.15) is 5.03 Å². The molecule has 1 heterocycles. The summed E-state index contributed by atoms with van der Waals surface area (Å²) in [7, 11) is 1.82. The van der Waals surface area contributed by atoms with Crippen molar-refractivity contribution in [2.45, 2.75) is 5.03 Å². The van der Waals surface area contributed by atoms with Crippen LogP contribution in [0, 0.1) is 0 Å². The Labute approximate surface area is 69.4 Å². The molecular weight excluding hydrogens is 162 g/mol. The predicted octanol–water partition coefficient (Wildman–Crippen LogP) is 0.0867. The van der Waals surface area contributed by atoms with Crippen LogP contribution in [-0.4, -0.2) is 27.2 Å². The van der Waals surface area contributed by atoms with E-state index in [-0.39, 0.29) is 6.61 Å². The molecule has 62 valence electrons. The molecule has 0 spiro atoms. The molecule has 0 unspecified atom stereocenters. The fourth-order valence-corrected chi connectivity index (χ4v) is 1.43. The summed E-state index contributed by atoms with van der Waals surface area (Å²) in [4.78, 5) is 0. The van der Waals surface area contributed by atoms with Gasteiger partial charge in [0.05, 0.1) is 12.3 Å². The van der Waals surface area contributed by atoms with Gasteiger partial charge in [0.15, 0.2) is 0 Å². The number of aryl methyl sites for hydroxylation is 1. The number of nitrogens with two attached hydrogens (primary N) is 1. The number of anilines is 1. The van der Waals surface area contributed by atoms with Crippen LogP contribution in [0.15, 0.2) is 11.2 Å². The lowest BCUT2D eigenvalue weighted by molar-refractivity contribution is 0.322. The Morgan fingerprint density at radius 3 is 3.00 bits per heavy atom. The first-order valence-corrected chi connectivity index (χ1v) is 4.25. The van der Waals surface area contributed by atoms with Gasteiger partial charge in [-0.1, -0.05) is 0 Å². The summed E-state index contributed by atoms with van der Waals surface area (Å²) >= 11 is 1.46. The summed E-state index contributed by atoms with van der Waals surface area (Å²) in [6, 6.07) is 0. The average molecular weight is 173 g/mol. The lowest BCUT2D eigenvalue weighted by Gasteiger charge is -1.93. The Bertz CT molecular complexity index is 236. The third-order valence-corrected chi connectivity index (χ3v) is 2.13. The normalized spacial score (nSPS) is 10.4. The highest BCUT2D eigenvalue weighted by molar-refractivity contribution is 7.99. The maximum Gasteiger partial charge on any atom is 0.141 e. The predicted molar refractivity (Wildman–Crippen MR) is 45.4 cm³/mol. The van der Waals surface area contributed by atoms with Crippen molar-refractivity contribution in [1.29, 1.82) is 0 Å². The third-order valence-electron chi connectivity index (χ3n) is 1.15. The van der Waals surface area contributed by atoms with Gasteiger partial charge in [-0.15, -0.1) is 11.8 Å². The number of aliphatic hydroxyl groups excluding tert-OH is 1. The molecule has 0 fully saturated rings. The zero-order chi connectivity index (χ0) is 8.27. The fraction of sp³-hybridized carbons (Fsp3) is 0.500. The largest absolute Gasteiger partial charge is 0.396 e. The molecule has 0 aliphatic heterocycles. The number of hydrogen-bond donors (Lipinski definition) is 2. The van der Waals surface area contributed by atoms with Gasteiger partial charge in [0, 0.05) is 19.0 Å². The topological polar surface area (TPSA) is 64.1 Å². The van der Waals surface area contributed by atoms with E-state index in [1.54, 1.807) is 10.9 Å². The van der Waals surface area contributed by atoms with Gasteiger partial charge < -0.3 is 10.8 Å². The Morgan fingerprint density at radius 2 is 2.55 bits per heavy atom. The number of aliphatic hydroxyl groups is 1. The van der Waals surface area contributed by atoms with Crippen molar-refractivity contribution in [2.24, 2.45) is 7.05 Å². The lowest BCUT2D eigenvalue weighted by atomic mass is 10.6. The van der Waals surface area contributed by atoms with E-state index in [0.29, 0.717) is 11.4 Å². The van der Waals surface area contributed by atoms with Crippen molar-refractivity contribution >= 4 is 17.4 Å². The van der Waals surface area contributed by atoms with Gasteiger partial charge in [-0.25, -0.2) is 0 Å². The van der Waals surface area contributed by atoms with Gasteiger partial charge in [0.25, 0.3) is 0 Å². The molecule has 11 heavy (non-hydrogen) atoms. The maximum absolute atomic E-state index is 8.53. The van der Waals surface area contributed by atoms with Gasteiger partial charge in [-0.05, 0) is 0 Å². The smallest absolute Gasteiger partial charge is 0.141 e. The van der Waals surface area contributed by atoms with Crippen LogP contribution in [0.1, 0.15) is 0 Å². The molecule has 0 aliphatic carbocycles. The molecular formula is C6H11N3OS. The van der Waals surface area contributed by atoms with Gasteiger partial charge in [-0.3, -0.25) is 4.68 Å². The summed E-state index contributed by atoms with van der Waals surface area (Å²) < 4.78 is 1.66. The molecule has 1 rings (SSSR count).